The molecule has 15 heavy (non-hydrogen) atoms. The maximum Gasteiger partial charge on any atom is 0.233 e. The van der Waals surface area contributed by atoms with Crippen molar-refractivity contribution in [2.24, 2.45) is 17.3 Å². The van der Waals surface area contributed by atoms with Gasteiger partial charge in [0, 0.05) is 0 Å². The monoisotopic (exact) mass is 211 g/mol. The number of carbonyl (C=O) groups is 2. The third-order valence-electron chi connectivity index (χ3n) is 3.76. The Morgan fingerprint density at radius 3 is 2.20 bits per heavy atom. The third-order valence-corrected chi connectivity index (χ3v) is 3.76. The van der Waals surface area contributed by atoms with Crippen molar-refractivity contribution < 1.29 is 14.7 Å². The first-order valence-corrected chi connectivity index (χ1v) is 5.44. The van der Waals surface area contributed by atoms with E-state index in [1.54, 1.807) is 0 Å². The van der Waals surface area contributed by atoms with Crippen molar-refractivity contribution in [3.8, 4) is 0 Å². The average Bonchev–Trinajstić information content (AvgIpc) is 2.64. The van der Waals surface area contributed by atoms with Gasteiger partial charge in [0.2, 0.25) is 11.8 Å². The number of fused-ring (bicyclic) bond motifs is 1. The fourth-order valence-electron chi connectivity index (χ4n) is 2.52. The predicted octanol–water partition coefficient (Wildman–Crippen LogP) is 0.398. The zero-order chi connectivity index (χ0) is 11.4. The highest BCUT2D eigenvalue weighted by atomic mass is 16.3. The Hall–Kier alpha value is -0.900. The summed E-state index contributed by atoms with van der Waals surface area (Å²) in [6.45, 7) is 5.90. The van der Waals surface area contributed by atoms with Crippen molar-refractivity contribution in [1.29, 1.82) is 0 Å². The second-order valence-corrected chi connectivity index (χ2v) is 5.13. The van der Waals surface area contributed by atoms with Crippen LogP contribution in [0, 0.1) is 17.3 Å². The topological polar surface area (TPSA) is 57.6 Å². The van der Waals surface area contributed by atoms with Crippen LogP contribution in [0.3, 0.4) is 0 Å². The summed E-state index contributed by atoms with van der Waals surface area (Å²) in [5.41, 5.74) is -0.151. The average molecular weight is 211 g/mol. The lowest BCUT2D eigenvalue weighted by Gasteiger charge is -2.22. The number of aliphatic hydroxyl groups excluding tert-OH is 1. The second kappa shape index (κ2) is 3.04. The highest BCUT2D eigenvalue weighted by Crippen LogP contribution is 2.63. The van der Waals surface area contributed by atoms with E-state index in [9.17, 15) is 14.7 Å². The molecule has 0 aromatic carbocycles. The SMILES string of the molecule is CCC(O)CN1C(=O)C2C(C1=O)C2(C)C. The molecule has 1 heterocycles. The van der Waals surface area contributed by atoms with Crippen LogP contribution >= 0.6 is 0 Å². The summed E-state index contributed by atoms with van der Waals surface area (Å²) in [5, 5.41) is 9.44. The Morgan fingerprint density at radius 1 is 1.33 bits per heavy atom. The van der Waals surface area contributed by atoms with Crippen LogP contribution in [0.15, 0.2) is 0 Å². The van der Waals surface area contributed by atoms with Crippen molar-refractivity contribution in [3.05, 3.63) is 0 Å². The molecule has 1 aliphatic heterocycles. The Kier molecular flexibility index (Phi) is 2.15. The number of hydrogen-bond acceptors (Lipinski definition) is 3. The van der Waals surface area contributed by atoms with Gasteiger partial charge in [-0.15, -0.1) is 0 Å². The molecule has 0 radical (unpaired) electrons. The predicted molar refractivity (Wildman–Crippen MR) is 53.8 cm³/mol. The van der Waals surface area contributed by atoms with Crippen LogP contribution in [0.25, 0.3) is 0 Å². The third kappa shape index (κ3) is 1.31. The Balaban J connectivity index is 2.08. The van der Waals surface area contributed by atoms with Crippen LogP contribution in [-0.4, -0.2) is 34.5 Å². The minimum atomic E-state index is -0.585. The summed E-state index contributed by atoms with van der Waals surface area (Å²) in [6.07, 6.45) is -0.0194. The molecular weight excluding hydrogens is 194 g/mol. The molecule has 84 valence electrons. The molecule has 1 saturated carbocycles. The van der Waals surface area contributed by atoms with E-state index >= 15 is 0 Å². The minimum Gasteiger partial charge on any atom is -0.391 e. The molecule has 2 aliphatic rings. The summed E-state index contributed by atoms with van der Waals surface area (Å²) < 4.78 is 0. The van der Waals surface area contributed by atoms with E-state index in [1.165, 1.54) is 4.90 Å². The number of piperidine rings is 1. The number of aliphatic hydroxyl groups is 1. The number of hydrogen-bond donors (Lipinski definition) is 1. The van der Waals surface area contributed by atoms with E-state index in [1.807, 2.05) is 20.8 Å². The molecule has 1 aliphatic carbocycles. The van der Waals surface area contributed by atoms with Crippen molar-refractivity contribution >= 4 is 11.8 Å². The highest BCUT2D eigenvalue weighted by molar-refractivity contribution is 6.10. The lowest BCUT2D eigenvalue weighted by atomic mass is 10.1. The fraction of sp³-hybridized carbons (Fsp3) is 0.818. The van der Waals surface area contributed by atoms with Crippen molar-refractivity contribution in [2.75, 3.05) is 6.54 Å². The van der Waals surface area contributed by atoms with Crippen LogP contribution in [0.4, 0.5) is 0 Å². The first kappa shape index (κ1) is 10.6. The molecule has 0 aromatic rings. The first-order valence-electron chi connectivity index (χ1n) is 5.44. The normalized spacial score (nSPS) is 34.3. The molecule has 0 aromatic heterocycles. The number of rotatable bonds is 3. The van der Waals surface area contributed by atoms with Gasteiger partial charge in [0.05, 0.1) is 24.5 Å². The maximum atomic E-state index is 11.8. The maximum absolute atomic E-state index is 11.8. The second-order valence-electron chi connectivity index (χ2n) is 5.13. The zero-order valence-electron chi connectivity index (χ0n) is 9.36. The molecule has 4 nitrogen and oxygen atoms in total. The van der Waals surface area contributed by atoms with Gasteiger partial charge in [-0.1, -0.05) is 20.8 Å². The number of imide groups is 1. The van der Waals surface area contributed by atoms with Gasteiger partial charge in [-0.25, -0.2) is 0 Å². The van der Waals surface area contributed by atoms with E-state index in [2.05, 4.69) is 0 Å². The lowest BCUT2D eigenvalue weighted by molar-refractivity contribution is -0.144. The van der Waals surface area contributed by atoms with Gasteiger partial charge in [-0.05, 0) is 11.8 Å². The molecule has 4 heteroatoms. The molecular formula is C11H17NO3. The van der Waals surface area contributed by atoms with E-state index in [-0.39, 0.29) is 35.6 Å². The van der Waals surface area contributed by atoms with Crippen LogP contribution in [-0.2, 0) is 9.59 Å². The molecule has 0 spiro atoms. The first-order chi connectivity index (χ1) is 6.91. The summed E-state index contributed by atoms with van der Waals surface area (Å²) in [6, 6.07) is 0. The summed E-state index contributed by atoms with van der Waals surface area (Å²) in [7, 11) is 0. The molecule has 1 saturated heterocycles. The Labute approximate surface area is 89.3 Å². The molecule has 2 rings (SSSR count). The summed E-state index contributed by atoms with van der Waals surface area (Å²) >= 11 is 0. The van der Waals surface area contributed by atoms with Crippen LogP contribution in [0.2, 0.25) is 0 Å². The van der Waals surface area contributed by atoms with Gasteiger partial charge < -0.3 is 5.11 Å². The van der Waals surface area contributed by atoms with Gasteiger partial charge >= 0.3 is 0 Å². The van der Waals surface area contributed by atoms with Crippen LogP contribution < -0.4 is 0 Å². The van der Waals surface area contributed by atoms with E-state index in [4.69, 9.17) is 0 Å². The van der Waals surface area contributed by atoms with Crippen molar-refractivity contribution in [2.45, 2.75) is 33.3 Å². The van der Waals surface area contributed by atoms with Crippen LogP contribution in [0.5, 0.6) is 0 Å². The number of amides is 2. The van der Waals surface area contributed by atoms with Crippen molar-refractivity contribution in [3.63, 3.8) is 0 Å². The molecule has 0 bridgehead atoms. The summed E-state index contributed by atoms with van der Waals surface area (Å²) in [4.78, 5) is 24.9. The van der Waals surface area contributed by atoms with E-state index in [0.29, 0.717) is 6.42 Å². The molecule has 1 N–H and O–H groups in total. The Morgan fingerprint density at radius 2 is 1.80 bits per heavy atom. The van der Waals surface area contributed by atoms with Gasteiger partial charge in [0.15, 0.2) is 0 Å². The van der Waals surface area contributed by atoms with Crippen LogP contribution in [0.1, 0.15) is 27.2 Å². The van der Waals surface area contributed by atoms with Gasteiger partial charge in [-0.2, -0.15) is 0 Å². The number of likely N-dealkylation sites (tertiary alicyclic amines) is 1. The summed E-state index contributed by atoms with van der Waals surface area (Å²) in [5.74, 6) is -0.451. The van der Waals surface area contributed by atoms with Gasteiger partial charge in [0.1, 0.15) is 0 Å². The quantitative estimate of drug-likeness (QED) is 0.687. The molecule has 3 atom stereocenters. The largest absolute Gasteiger partial charge is 0.391 e. The van der Waals surface area contributed by atoms with Crippen molar-refractivity contribution in [1.82, 2.24) is 4.90 Å². The number of nitrogens with zero attached hydrogens (tertiary/aromatic N) is 1. The fourth-order valence-corrected chi connectivity index (χ4v) is 2.52. The van der Waals surface area contributed by atoms with E-state index in [0.717, 1.165) is 0 Å². The van der Waals surface area contributed by atoms with Gasteiger partial charge in [0.25, 0.3) is 0 Å². The smallest absolute Gasteiger partial charge is 0.233 e. The molecule has 2 fully saturated rings. The minimum absolute atomic E-state index is 0.0949. The lowest BCUT2D eigenvalue weighted by Crippen LogP contribution is -2.41. The highest BCUT2D eigenvalue weighted by Gasteiger charge is 2.72. The Bertz CT molecular complexity index is 300. The molecule has 3 unspecified atom stereocenters. The number of β-amino-alcohol motifs (C(OH)–C–C–N with tert-alkyl or cyclic N) is 1. The zero-order valence-corrected chi connectivity index (χ0v) is 9.36. The van der Waals surface area contributed by atoms with E-state index < -0.39 is 6.10 Å². The molecule has 2 amide bonds. The standard InChI is InChI=1S/C11H17NO3/c1-4-6(13)5-12-9(14)7-8(10(12)15)11(7,2)3/h6-8,13H,4-5H2,1-3H3. The van der Waals surface area contributed by atoms with Gasteiger partial charge in [-0.3, -0.25) is 14.5 Å². The number of carbonyl (C=O) groups excluding carboxylic acids is 2.